The molecule has 0 aromatic carbocycles. The molecule has 0 atom stereocenters. The number of nitrogens with two attached hydrogens (primary N) is 1. The Morgan fingerprint density at radius 2 is 1.62 bits per heavy atom. The fourth-order valence-electron chi connectivity index (χ4n) is 0. The van der Waals surface area contributed by atoms with Gasteiger partial charge in [-0.2, -0.15) is 0 Å². The van der Waals surface area contributed by atoms with Crippen LogP contribution in [0.15, 0.2) is 0 Å². The summed E-state index contributed by atoms with van der Waals surface area (Å²) in [6, 6.07) is 0. The van der Waals surface area contributed by atoms with E-state index in [2.05, 4.69) is 5.73 Å². The summed E-state index contributed by atoms with van der Waals surface area (Å²) < 4.78 is 0. The van der Waals surface area contributed by atoms with E-state index in [-0.39, 0.29) is 13.2 Å². The normalized spacial score (nSPS) is 5.50. The Bertz CT molecular complexity index is 43.8. The first-order valence-corrected chi connectivity index (χ1v) is 2.34. The molecule has 2 N–H and O–H groups in total. The SMILES string of the molecule is C.CCC(C)=O.CN. The van der Waals surface area contributed by atoms with Crippen LogP contribution in [0.1, 0.15) is 27.7 Å². The minimum absolute atomic E-state index is 0. The Labute approximate surface area is 52.1 Å². The number of rotatable bonds is 1. The van der Waals surface area contributed by atoms with Gasteiger partial charge in [0.2, 0.25) is 0 Å². The van der Waals surface area contributed by atoms with Crippen LogP contribution in [0.25, 0.3) is 0 Å². The van der Waals surface area contributed by atoms with Gasteiger partial charge >= 0.3 is 0 Å². The summed E-state index contributed by atoms with van der Waals surface area (Å²) in [6.07, 6.45) is 0.667. The fourth-order valence-corrected chi connectivity index (χ4v) is 0. The highest BCUT2D eigenvalue weighted by Gasteiger charge is 1.76. The molecule has 0 amide bonds. The van der Waals surface area contributed by atoms with Crippen molar-refractivity contribution in [2.75, 3.05) is 7.05 Å². The van der Waals surface area contributed by atoms with Crippen LogP contribution in [0.2, 0.25) is 0 Å². The lowest BCUT2D eigenvalue weighted by Gasteiger charge is -1.71. The van der Waals surface area contributed by atoms with Crippen LogP contribution >= 0.6 is 0 Å². The van der Waals surface area contributed by atoms with Crippen LogP contribution in [-0.2, 0) is 4.79 Å². The lowest BCUT2D eigenvalue weighted by molar-refractivity contribution is -0.116. The second-order valence-electron chi connectivity index (χ2n) is 1.06. The molecule has 0 rings (SSSR count). The maximum Gasteiger partial charge on any atom is 0.129 e. The van der Waals surface area contributed by atoms with E-state index in [0.717, 1.165) is 0 Å². The molecule has 0 aromatic rings. The second kappa shape index (κ2) is 15.9. The zero-order valence-corrected chi connectivity index (χ0v) is 5.19. The Morgan fingerprint density at radius 1 is 1.50 bits per heavy atom. The van der Waals surface area contributed by atoms with Gasteiger partial charge in [0.05, 0.1) is 0 Å². The molecule has 0 aliphatic carbocycles. The quantitative estimate of drug-likeness (QED) is 0.563. The summed E-state index contributed by atoms with van der Waals surface area (Å²) in [4.78, 5) is 9.81. The van der Waals surface area contributed by atoms with E-state index in [1.165, 1.54) is 7.05 Å². The molecular formula is C6H17NO. The molecule has 0 radical (unpaired) electrons. The van der Waals surface area contributed by atoms with Gasteiger partial charge in [-0.3, -0.25) is 0 Å². The van der Waals surface area contributed by atoms with Gasteiger partial charge in [-0.05, 0) is 14.0 Å². The van der Waals surface area contributed by atoms with E-state index in [1.54, 1.807) is 6.92 Å². The largest absolute Gasteiger partial charge is 0.333 e. The van der Waals surface area contributed by atoms with Crippen molar-refractivity contribution in [2.45, 2.75) is 27.7 Å². The van der Waals surface area contributed by atoms with Gasteiger partial charge in [0.25, 0.3) is 0 Å². The van der Waals surface area contributed by atoms with E-state index in [4.69, 9.17) is 0 Å². The summed E-state index contributed by atoms with van der Waals surface area (Å²) in [5.41, 5.74) is 4.50. The summed E-state index contributed by atoms with van der Waals surface area (Å²) in [7, 11) is 1.50. The van der Waals surface area contributed by atoms with Gasteiger partial charge in [-0.1, -0.05) is 14.4 Å². The highest BCUT2D eigenvalue weighted by atomic mass is 16.1. The Hall–Kier alpha value is -0.370. The Morgan fingerprint density at radius 3 is 1.62 bits per heavy atom. The van der Waals surface area contributed by atoms with Crippen LogP contribution in [-0.4, -0.2) is 12.8 Å². The highest BCUT2D eigenvalue weighted by molar-refractivity contribution is 5.74. The summed E-state index contributed by atoms with van der Waals surface area (Å²) in [5, 5.41) is 0. The maximum atomic E-state index is 9.81. The van der Waals surface area contributed by atoms with Crippen molar-refractivity contribution in [2.24, 2.45) is 5.73 Å². The molecule has 0 saturated carbocycles. The van der Waals surface area contributed by atoms with E-state index in [1.807, 2.05) is 6.92 Å². The van der Waals surface area contributed by atoms with Gasteiger partial charge in [0.15, 0.2) is 0 Å². The molecule has 0 bridgehead atoms. The maximum absolute atomic E-state index is 9.81. The predicted octanol–water partition coefficient (Wildman–Crippen LogP) is 1.20. The standard InChI is InChI=1S/C4H8O.CH5N.CH4/c1-3-4(2)5;1-2;/h3H2,1-2H3;2H2,1H3;1H4. The lowest BCUT2D eigenvalue weighted by Crippen LogP contribution is -1.80. The van der Waals surface area contributed by atoms with Crippen molar-refractivity contribution in [3.8, 4) is 0 Å². The monoisotopic (exact) mass is 119 g/mol. The van der Waals surface area contributed by atoms with Crippen molar-refractivity contribution < 1.29 is 4.79 Å². The first-order chi connectivity index (χ1) is 3.27. The molecule has 52 valence electrons. The zero-order valence-electron chi connectivity index (χ0n) is 5.19. The van der Waals surface area contributed by atoms with Crippen LogP contribution < -0.4 is 5.73 Å². The van der Waals surface area contributed by atoms with E-state index >= 15 is 0 Å². The third-order valence-corrected chi connectivity index (χ3v) is 0.498. The van der Waals surface area contributed by atoms with Gasteiger partial charge in [-0.25, -0.2) is 0 Å². The molecule has 0 aliphatic rings. The number of ketones is 1. The molecule has 8 heavy (non-hydrogen) atoms. The van der Waals surface area contributed by atoms with Crippen LogP contribution in [0.3, 0.4) is 0 Å². The third kappa shape index (κ3) is 45.4. The first-order valence-electron chi connectivity index (χ1n) is 2.34. The number of hydrogen-bond acceptors (Lipinski definition) is 2. The molecular weight excluding hydrogens is 102 g/mol. The van der Waals surface area contributed by atoms with Crippen LogP contribution in [0.5, 0.6) is 0 Å². The number of hydrogen-bond donors (Lipinski definition) is 1. The first kappa shape index (κ1) is 15.6. The Kier molecular flexibility index (Phi) is 31.2. The van der Waals surface area contributed by atoms with Crippen molar-refractivity contribution in [3.05, 3.63) is 0 Å². The van der Waals surface area contributed by atoms with E-state index in [0.29, 0.717) is 6.42 Å². The van der Waals surface area contributed by atoms with Crippen LogP contribution in [0, 0.1) is 0 Å². The molecule has 0 spiro atoms. The van der Waals surface area contributed by atoms with Crippen molar-refractivity contribution in [3.63, 3.8) is 0 Å². The van der Waals surface area contributed by atoms with Gasteiger partial charge in [0.1, 0.15) is 5.78 Å². The smallest absolute Gasteiger partial charge is 0.129 e. The van der Waals surface area contributed by atoms with Crippen molar-refractivity contribution >= 4 is 5.78 Å². The number of carbonyl (C=O) groups excluding carboxylic acids is 1. The molecule has 0 aliphatic heterocycles. The molecule has 0 aromatic heterocycles. The minimum atomic E-state index is 0. The topological polar surface area (TPSA) is 43.1 Å². The van der Waals surface area contributed by atoms with Crippen molar-refractivity contribution in [1.82, 2.24) is 0 Å². The van der Waals surface area contributed by atoms with Crippen molar-refractivity contribution in [1.29, 1.82) is 0 Å². The van der Waals surface area contributed by atoms with Gasteiger partial charge < -0.3 is 10.5 Å². The molecule has 2 nitrogen and oxygen atoms in total. The molecule has 0 fully saturated rings. The molecule has 2 heteroatoms. The lowest BCUT2D eigenvalue weighted by atomic mass is 10.4. The molecule has 0 heterocycles. The highest BCUT2D eigenvalue weighted by Crippen LogP contribution is 1.71. The van der Waals surface area contributed by atoms with Crippen LogP contribution in [0.4, 0.5) is 0 Å². The Balaban J connectivity index is -0.0000000750. The second-order valence-corrected chi connectivity index (χ2v) is 1.06. The number of Topliss-reactive ketones (excluding diaryl/α,β-unsaturated/α-hetero) is 1. The fraction of sp³-hybridized carbons (Fsp3) is 0.833. The molecule has 0 saturated heterocycles. The van der Waals surface area contributed by atoms with E-state index < -0.39 is 0 Å². The van der Waals surface area contributed by atoms with Gasteiger partial charge in [0, 0.05) is 6.42 Å². The minimum Gasteiger partial charge on any atom is -0.333 e. The van der Waals surface area contributed by atoms with Gasteiger partial charge in [-0.15, -0.1) is 0 Å². The van der Waals surface area contributed by atoms with E-state index in [9.17, 15) is 4.79 Å². The zero-order chi connectivity index (χ0) is 6.28. The summed E-state index contributed by atoms with van der Waals surface area (Å²) in [6.45, 7) is 3.43. The molecule has 0 unspecified atom stereocenters. The third-order valence-electron chi connectivity index (χ3n) is 0.498. The average molecular weight is 119 g/mol. The number of carbonyl (C=O) groups is 1. The predicted molar refractivity (Wildman–Crippen MR) is 37.8 cm³/mol. The average Bonchev–Trinajstić information content (AvgIpc) is 1.73. The summed E-state index contributed by atoms with van der Waals surface area (Å²) in [5.74, 6) is 0.255. The summed E-state index contributed by atoms with van der Waals surface area (Å²) >= 11 is 0.